The fraction of sp³-hybridized carbons (Fsp3) is 0.294. The van der Waals surface area contributed by atoms with E-state index in [1.54, 1.807) is 12.3 Å². The number of fused-ring (bicyclic) bond motifs is 1. The number of rotatable bonds is 8. The molecule has 1 aliphatic heterocycles. The number of nitrogens with one attached hydrogen (secondary N) is 1. The maximum absolute atomic E-state index is 14.1. The zero-order valence-electron chi connectivity index (χ0n) is 24.1. The van der Waals surface area contributed by atoms with Crippen LogP contribution in [0.3, 0.4) is 0 Å². The highest BCUT2D eigenvalue weighted by atomic mass is 16.2. The lowest BCUT2D eigenvalue weighted by Gasteiger charge is -2.28. The number of pyridine rings is 2. The van der Waals surface area contributed by atoms with Crippen molar-refractivity contribution < 1.29 is 9.59 Å². The van der Waals surface area contributed by atoms with Crippen LogP contribution in [0.4, 0.5) is 0 Å². The van der Waals surface area contributed by atoms with Crippen LogP contribution < -0.4 is 10.9 Å². The number of benzene rings is 2. The van der Waals surface area contributed by atoms with E-state index in [1.165, 1.54) is 11.5 Å². The molecule has 0 spiro atoms. The first-order valence-electron chi connectivity index (χ1n) is 14.0. The molecule has 0 saturated heterocycles. The number of carbonyl (C=O) groups excluding carboxylic acids is 2. The fourth-order valence-electron chi connectivity index (χ4n) is 5.81. The van der Waals surface area contributed by atoms with Gasteiger partial charge in [0.15, 0.2) is 0 Å². The lowest BCUT2D eigenvalue weighted by molar-refractivity contribution is -0.124. The number of nitrogens with zero attached hydrogens (tertiary/aromatic N) is 3. The summed E-state index contributed by atoms with van der Waals surface area (Å²) in [6.45, 7) is 7.23. The van der Waals surface area contributed by atoms with Crippen molar-refractivity contribution in [3.8, 4) is 11.1 Å². The Morgan fingerprint density at radius 1 is 0.951 bits per heavy atom. The number of hydrogen-bond acceptors (Lipinski definition) is 5. The summed E-state index contributed by atoms with van der Waals surface area (Å²) in [6, 6.07) is 17.6. The molecule has 2 atom stereocenters. The van der Waals surface area contributed by atoms with Crippen LogP contribution in [0.1, 0.15) is 58.8 Å². The van der Waals surface area contributed by atoms with Gasteiger partial charge in [-0.3, -0.25) is 23.9 Å². The predicted octanol–water partition coefficient (Wildman–Crippen LogP) is 4.94. The molecular formula is C34H36N4O3. The lowest BCUT2D eigenvalue weighted by atomic mass is 9.94. The number of aromatic nitrogens is 2. The van der Waals surface area contributed by atoms with Crippen LogP contribution in [0, 0.1) is 13.8 Å². The van der Waals surface area contributed by atoms with Gasteiger partial charge in [-0.25, -0.2) is 0 Å². The summed E-state index contributed by atoms with van der Waals surface area (Å²) >= 11 is 0. The average molecular weight is 549 g/mol. The van der Waals surface area contributed by atoms with Gasteiger partial charge in [-0.1, -0.05) is 48.5 Å². The van der Waals surface area contributed by atoms with E-state index in [2.05, 4.69) is 41.2 Å². The van der Waals surface area contributed by atoms with E-state index in [1.807, 2.05) is 61.9 Å². The summed E-state index contributed by atoms with van der Waals surface area (Å²) < 4.78 is 1.53. The molecule has 210 valence electrons. The molecule has 0 saturated carbocycles. The molecule has 5 rings (SSSR count). The van der Waals surface area contributed by atoms with Gasteiger partial charge in [0, 0.05) is 49.7 Å². The number of ketones is 1. The lowest BCUT2D eigenvalue weighted by Crippen LogP contribution is -2.41. The van der Waals surface area contributed by atoms with Crippen molar-refractivity contribution in [2.24, 2.45) is 0 Å². The zero-order valence-corrected chi connectivity index (χ0v) is 24.1. The first kappa shape index (κ1) is 28.2. The summed E-state index contributed by atoms with van der Waals surface area (Å²) in [5.41, 5.74) is 7.53. The monoisotopic (exact) mass is 548 g/mol. The Morgan fingerprint density at radius 2 is 1.68 bits per heavy atom. The zero-order chi connectivity index (χ0) is 29.1. The van der Waals surface area contributed by atoms with Gasteiger partial charge < -0.3 is 10.2 Å². The molecule has 1 amide bonds. The Hall–Kier alpha value is -4.36. The maximum atomic E-state index is 14.1. The van der Waals surface area contributed by atoms with Crippen LogP contribution in [0.15, 0.2) is 84.0 Å². The predicted molar refractivity (Wildman–Crippen MR) is 161 cm³/mol. The minimum Gasteiger partial charge on any atom is -0.347 e. The van der Waals surface area contributed by atoms with E-state index in [4.69, 9.17) is 0 Å². The standard InChI is InChI=1S/C34H36N4O3/c1-22-9-8-10-23(2)32(22)28-16-27(18-35-19-28)30(15-24(3)39)36-34(41)33(25-11-6-5-7-12-25)38-21-29-20-37(4)14-13-26(29)17-31(38)40/h5-12,16-19,21,30,33H,13-15,20H2,1-4H3,(H,36,41)/t30-,33?/m0/s1. The van der Waals surface area contributed by atoms with Crippen molar-refractivity contribution in [2.45, 2.75) is 52.2 Å². The first-order valence-corrected chi connectivity index (χ1v) is 14.0. The molecule has 0 radical (unpaired) electrons. The fourth-order valence-corrected chi connectivity index (χ4v) is 5.81. The van der Waals surface area contributed by atoms with Crippen molar-refractivity contribution in [3.63, 3.8) is 0 Å². The molecule has 7 heteroatoms. The molecule has 4 aromatic rings. The van der Waals surface area contributed by atoms with Crippen LogP contribution >= 0.6 is 0 Å². The maximum Gasteiger partial charge on any atom is 0.251 e. The van der Waals surface area contributed by atoms with Crippen molar-refractivity contribution in [3.05, 3.63) is 123 Å². The highest BCUT2D eigenvalue weighted by Gasteiger charge is 2.28. The van der Waals surface area contributed by atoms with Crippen LogP contribution in [0.25, 0.3) is 11.1 Å². The van der Waals surface area contributed by atoms with E-state index in [0.717, 1.165) is 51.9 Å². The third-order valence-electron chi connectivity index (χ3n) is 7.84. The van der Waals surface area contributed by atoms with Gasteiger partial charge in [0.1, 0.15) is 11.8 Å². The van der Waals surface area contributed by atoms with Gasteiger partial charge in [0.25, 0.3) is 5.56 Å². The smallest absolute Gasteiger partial charge is 0.251 e. The molecule has 2 aromatic carbocycles. The summed E-state index contributed by atoms with van der Waals surface area (Å²) in [7, 11) is 2.05. The largest absolute Gasteiger partial charge is 0.347 e. The van der Waals surface area contributed by atoms with Gasteiger partial charge in [-0.05, 0) is 79.3 Å². The SMILES string of the molecule is CC(=O)C[C@H](NC(=O)C(c1ccccc1)n1cc2c(cc1=O)CCN(C)C2)c1cncc(-c2c(C)cccc2C)c1. The topological polar surface area (TPSA) is 84.3 Å². The van der Waals surface area contributed by atoms with E-state index in [-0.39, 0.29) is 23.7 Å². The summed E-state index contributed by atoms with van der Waals surface area (Å²) in [4.78, 5) is 46.6. The van der Waals surface area contributed by atoms with Crippen LogP contribution in [-0.2, 0) is 22.6 Å². The molecule has 41 heavy (non-hydrogen) atoms. The van der Waals surface area contributed by atoms with Gasteiger partial charge in [-0.15, -0.1) is 0 Å². The Morgan fingerprint density at radius 3 is 2.39 bits per heavy atom. The molecule has 3 heterocycles. The summed E-state index contributed by atoms with van der Waals surface area (Å²) in [5.74, 6) is -0.413. The summed E-state index contributed by atoms with van der Waals surface area (Å²) in [6.07, 6.45) is 6.24. The summed E-state index contributed by atoms with van der Waals surface area (Å²) in [5, 5.41) is 3.12. The van der Waals surface area contributed by atoms with Crippen LogP contribution in [-0.4, -0.2) is 39.7 Å². The number of hydrogen-bond donors (Lipinski definition) is 1. The molecule has 1 unspecified atom stereocenters. The van der Waals surface area contributed by atoms with E-state index >= 15 is 0 Å². The van der Waals surface area contributed by atoms with Crippen molar-refractivity contribution in [1.29, 1.82) is 0 Å². The molecule has 0 fully saturated rings. The van der Waals surface area contributed by atoms with Gasteiger partial charge in [0.05, 0.1) is 6.04 Å². The van der Waals surface area contributed by atoms with Crippen molar-refractivity contribution in [1.82, 2.24) is 19.8 Å². The average Bonchev–Trinajstić information content (AvgIpc) is 2.94. The quantitative estimate of drug-likeness (QED) is 0.337. The Bertz CT molecular complexity index is 1620. The van der Waals surface area contributed by atoms with Crippen molar-refractivity contribution >= 4 is 11.7 Å². The normalized spacial score (nSPS) is 14.6. The van der Waals surface area contributed by atoms with E-state index in [9.17, 15) is 14.4 Å². The molecular weight excluding hydrogens is 512 g/mol. The second-order valence-corrected chi connectivity index (χ2v) is 11.1. The minimum absolute atomic E-state index is 0.0574. The van der Waals surface area contributed by atoms with E-state index < -0.39 is 12.1 Å². The Kier molecular flexibility index (Phi) is 8.26. The molecule has 1 aliphatic rings. The molecule has 0 bridgehead atoms. The number of amides is 1. The first-order chi connectivity index (χ1) is 19.7. The van der Waals surface area contributed by atoms with Crippen LogP contribution in [0.5, 0.6) is 0 Å². The second kappa shape index (κ2) is 12.0. The Balaban J connectivity index is 1.54. The van der Waals surface area contributed by atoms with E-state index in [0.29, 0.717) is 12.1 Å². The van der Waals surface area contributed by atoms with Crippen molar-refractivity contribution in [2.75, 3.05) is 13.6 Å². The molecule has 2 aromatic heterocycles. The second-order valence-electron chi connectivity index (χ2n) is 11.1. The molecule has 1 N–H and O–H groups in total. The minimum atomic E-state index is -0.898. The highest BCUT2D eigenvalue weighted by molar-refractivity contribution is 5.85. The van der Waals surface area contributed by atoms with Gasteiger partial charge in [0.2, 0.25) is 5.91 Å². The number of carbonyl (C=O) groups is 2. The van der Waals surface area contributed by atoms with Gasteiger partial charge in [-0.2, -0.15) is 0 Å². The number of likely N-dealkylation sites (N-methyl/N-ethyl adjacent to an activating group) is 1. The number of aryl methyl sites for hydroxylation is 2. The van der Waals surface area contributed by atoms with Crippen LogP contribution in [0.2, 0.25) is 0 Å². The van der Waals surface area contributed by atoms with Gasteiger partial charge >= 0.3 is 0 Å². The third kappa shape index (κ3) is 6.20. The molecule has 0 aliphatic carbocycles. The molecule has 7 nitrogen and oxygen atoms in total. The number of Topliss-reactive ketones (excluding diaryl/α,β-unsaturated/α-hetero) is 1. The third-order valence-corrected chi connectivity index (χ3v) is 7.84. The highest BCUT2D eigenvalue weighted by Crippen LogP contribution is 2.30. The Labute approximate surface area is 240 Å².